The minimum Gasteiger partial charge on any atom is -0.370 e. The van der Waals surface area contributed by atoms with Crippen LogP contribution < -0.4 is 10.2 Å². The average Bonchev–Trinajstić information content (AvgIpc) is 2.65. The quantitative estimate of drug-likeness (QED) is 0.917. The van der Waals surface area contributed by atoms with Gasteiger partial charge in [-0.3, -0.25) is 0 Å². The summed E-state index contributed by atoms with van der Waals surface area (Å²) >= 11 is 3.68. The van der Waals surface area contributed by atoms with E-state index in [0.717, 1.165) is 12.5 Å². The highest BCUT2D eigenvalue weighted by Gasteiger charge is 2.20. The third-order valence-electron chi connectivity index (χ3n) is 3.16. The van der Waals surface area contributed by atoms with Crippen molar-refractivity contribution in [3.8, 4) is 0 Å². The summed E-state index contributed by atoms with van der Waals surface area (Å²) in [7, 11) is 1.98. The Balaban J connectivity index is 2.16. The maximum absolute atomic E-state index is 3.68. The summed E-state index contributed by atoms with van der Waals surface area (Å²) in [6.07, 6.45) is 1.31. The lowest BCUT2D eigenvalue weighted by Gasteiger charge is -2.20. The lowest BCUT2D eigenvalue weighted by Crippen LogP contribution is -2.19. The second-order valence-corrected chi connectivity index (χ2v) is 5.51. The van der Waals surface area contributed by atoms with E-state index in [1.54, 1.807) is 0 Å². The second kappa shape index (κ2) is 5.19. The van der Waals surface area contributed by atoms with Crippen LogP contribution in [0, 0.1) is 5.92 Å². The Bertz CT molecular complexity index is 365. The predicted octanol–water partition coefficient (Wildman–Crippen LogP) is 3.01. The molecule has 2 rings (SSSR count). The highest BCUT2D eigenvalue weighted by Crippen LogP contribution is 2.31. The Morgan fingerprint density at radius 1 is 1.50 bits per heavy atom. The fourth-order valence-electron chi connectivity index (χ4n) is 2.27. The molecule has 0 aliphatic carbocycles. The maximum atomic E-state index is 3.68. The van der Waals surface area contributed by atoms with Crippen LogP contribution in [0.15, 0.2) is 22.7 Å². The summed E-state index contributed by atoms with van der Waals surface area (Å²) in [5, 5.41) is 3.17. The normalized spacial score (nSPS) is 20.4. The molecule has 0 radical (unpaired) electrons. The van der Waals surface area contributed by atoms with Gasteiger partial charge >= 0.3 is 0 Å². The number of nitrogens with one attached hydrogen (secondary N) is 1. The number of benzene rings is 1. The van der Waals surface area contributed by atoms with Gasteiger partial charge in [-0.1, -0.05) is 13.0 Å². The standard InChI is InChI=1S/C13H19BrN2/c1-10-5-6-16(9-10)13-4-3-11(8-15-2)7-12(13)14/h3-4,7,10,15H,5-6,8-9H2,1-2H3. The fraction of sp³-hybridized carbons (Fsp3) is 0.538. The number of nitrogens with zero attached hydrogens (tertiary/aromatic N) is 1. The summed E-state index contributed by atoms with van der Waals surface area (Å²) in [6, 6.07) is 6.66. The van der Waals surface area contributed by atoms with Gasteiger partial charge < -0.3 is 10.2 Å². The van der Waals surface area contributed by atoms with Crippen LogP contribution >= 0.6 is 15.9 Å². The summed E-state index contributed by atoms with van der Waals surface area (Å²) in [4.78, 5) is 2.47. The monoisotopic (exact) mass is 282 g/mol. The molecule has 88 valence electrons. The molecule has 2 nitrogen and oxygen atoms in total. The van der Waals surface area contributed by atoms with Crippen LogP contribution in [-0.4, -0.2) is 20.1 Å². The SMILES string of the molecule is CNCc1ccc(N2CCC(C)C2)c(Br)c1. The van der Waals surface area contributed by atoms with E-state index in [9.17, 15) is 0 Å². The molecule has 0 spiro atoms. The van der Waals surface area contributed by atoms with Crippen molar-refractivity contribution in [2.24, 2.45) is 5.92 Å². The van der Waals surface area contributed by atoms with Crippen LogP contribution in [0.5, 0.6) is 0 Å². The minimum absolute atomic E-state index is 0.823. The molecular weight excluding hydrogens is 264 g/mol. The van der Waals surface area contributed by atoms with E-state index < -0.39 is 0 Å². The van der Waals surface area contributed by atoms with Crippen molar-refractivity contribution in [3.05, 3.63) is 28.2 Å². The van der Waals surface area contributed by atoms with Gasteiger partial charge in [-0.2, -0.15) is 0 Å². The molecule has 1 fully saturated rings. The van der Waals surface area contributed by atoms with Crippen LogP contribution in [0.4, 0.5) is 5.69 Å². The number of hydrogen-bond acceptors (Lipinski definition) is 2. The summed E-state index contributed by atoms with van der Waals surface area (Å²) in [6.45, 7) is 5.62. The second-order valence-electron chi connectivity index (χ2n) is 4.66. The largest absolute Gasteiger partial charge is 0.370 e. The molecule has 1 N–H and O–H groups in total. The van der Waals surface area contributed by atoms with Crippen molar-refractivity contribution in [1.82, 2.24) is 5.32 Å². The van der Waals surface area contributed by atoms with Crippen molar-refractivity contribution in [2.45, 2.75) is 19.9 Å². The van der Waals surface area contributed by atoms with Gasteiger partial charge in [-0.25, -0.2) is 0 Å². The van der Waals surface area contributed by atoms with Gasteiger partial charge in [0.15, 0.2) is 0 Å². The first-order valence-electron chi connectivity index (χ1n) is 5.88. The van der Waals surface area contributed by atoms with E-state index in [-0.39, 0.29) is 0 Å². The lowest BCUT2D eigenvalue weighted by molar-refractivity contribution is 0.659. The number of rotatable bonds is 3. The van der Waals surface area contributed by atoms with Crippen LogP contribution in [0.2, 0.25) is 0 Å². The molecular formula is C13H19BrN2. The Kier molecular flexibility index (Phi) is 3.87. The third kappa shape index (κ3) is 2.58. The summed E-state index contributed by atoms with van der Waals surface area (Å²) in [5.74, 6) is 0.823. The van der Waals surface area contributed by atoms with E-state index in [2.05, 4.69) is 51.3 Å². The van der Waals surface area contributed by atoms with Crippen molar-refractivity contribution >= 4 is 21.6 Å². The van der Waals surface area contributed by atoms with E-state index in [4.69, 9.17) is 0 Å². The first-order valence-corrected chi connectivity index (χ1v) is 6.68. The average molecular weight is 283 g/mol. The van der Waals surface area contributed by atoms with Gasteiger partial charge in [-0.15, -0.1) is 0 Å². The van der Waals surface area contributed by atoms with E-state index in [1.807, 2.05) is 7.05 Å². The molecule has 1 unspecified atom stereocenters. The van der Waals surface area contributed by atoms with Crippen molar-refractivity contribution < 1.29 is 0 Å². The van der Waals surface area contributed by atoms with E-state index in [1.165, 1.54) is 35.2 Å². The molecule has 1 atom stereocenters. The molecule has 1 aliphatic heterocycles. The molecule has 0 amide bonds. The first-order chi connectivity index (χ1) is 7.70. The number of hydrogen-bond donors (Lipinski definition) is 1. The molecule has 3 heteroatoms. The Labute approximate surface area is 106 Å². The summed E-state index contributed by atoms with van der Waals surface area (Å²) in [5.41, 5.74) is 2.66. The zero-order chi connectivity index (χ0) is 11.5. The smallest absolute Gasteiger partial charge is 0.0510 e. The van der Waals surface area contributed by atoms with Crippen LogP contribution in [0.3, 0.4) is 0 Å². The molecule has 1 aliphatic rings. The number of anilines is 1. The first kappa shape index (κ1) is 11.9. The van der Waals surface area contributed by atoms with Crippen molar-refractivity contribution in [2.75, 3.05) is 25.0 Å². The molecule has 1 heterocycles. The Morgan fingerprint density at radius 2 is 2.31 bits per heavy atom. The van der Waals surface area contributed by atoms with Crippen LogP contribution in [0.25, 0.3) is 0 Å². The maximum Gasteiger partial charge on any atom is 0.0510 e. The van der Waals surface area contributed by atoms with Crippen LogP contribution in [0.1, 0.15) is 18.9 Å². The zero-order valence-corrected chi connectivity index (χ0v) is 11.5. The molecule has 0 bridgehead atoms. The van der Waals surface area contributed by atoms with Crippen molar-refractivity contribution in [1.29, 1.82) is 0 Å². The molecule has 0 aromatic heterocycles. The van der Waals surface area contributed by atoms with Gasteiger partial charge in [0.05, 0.1) is 5.69 Å². The topological polar surface area (TPSA) is 15.3 Å². The minimum atomic E-state index is 0.823. The summed E-state index contributed by atoms with van der Waals surface area (Å²) < 4.78 is 1.22. The van der Waals surface area contributed by atoms with Crippen LogP contribution in [-0.2, 0) is 6.54 Å². The third-order valence-corrected chi connectivity index (χ3v) is 3.79. The lowest BCUT2D eigenvalue weighted by atomic mass is 10.2. The van der Waals surface area contributed by atoms with Gasteiger partial charge in [0.2, 0.25) is 0 Å². The zero-order valence-electron chi connectivity index (χ0n) is 9.96. The van der Waals surface area contributed by atoms with Gasteiger partial charge in [-0.05, 0) is 53.0 Å². The Morgan fingerprint density at radius 3 is 2.88 bits per heavy atom. The molecule has 1 aromatic rings. The van der Waals surface area contributed by atoms with Gasteiger partial charge in [0.1, 0.15) is 0 Å². The molecule has 16 heavy (non-hydrogen) atoms. The molecule has 0 saturated carbocycles. The Hall–Kier alpha value is -0.540. The van der Waals surface area contributed by atoms with E-state index in [0.29, 0.717) is 0 Å². The predicted molar refractivity (Wildman–Crippen MR) is 72.9 cm³/mol. The highest BCUT2D eigenvalue weighted by atomic mass is 79.9. The highest BCUT2D eigenvalue weighted by molar-refractivity contribution is 9.10. The molecule has 1 saturated heterocycles. The fourth-order valence-corrected chi connectivity index (χ4v) is 2.95. The number of halogens is 1. The van der Waals surface area contributed by atoms with Crippen molar-refractivity contribution in [3.63, 3.8) is 0 Å². The molecule has 1 aromatic carbocycles. The van der Waals surface area contributed by atoms with Gasteiger partial charge in [0.25, 0.3) is 0 Å². The van der Waals surface area contributed by atoms with Gasteiger partial charge in [0, 0.05) is 24.1 Å². The van der Waals surface area contributed by atoms with E-state index >= 15 is 0 Å².